The van der Waals surface area contributed by atoms with Crippen LogP contribution in [0.1, 0.15) is 53.6 Å². The van der Waals surface area contributed by atoms with Gasteiger partial charge in [0.1, 0.15) is 0 Å². The normalized spacial score (nSPS) is 15.4. The second-order valence-electron chi connectivity index (χ2n) is 8.47. The number of carbonyl (C=O) groups excluding carboxylic acids is 1. The molecule has 1 aliphatic rings. The lowest BCUT2D eigenvalue weighted by molar-refractivity contribution is 0.0950. The first-order valence-corrected chi connectivity index (χ1v) is 12.3. The lowest BCUT2D eigenvalue weighted by Gasteiger charge is -2.31. The van der Waals surface area contributed by atoms with Crippen molar-refractivity contribution < 1.29 is 13.2 Å². The van der Waals surface area contributed by atoms with Gasteiger partial charge in [-0.3, -0.25) is 9.69 Å². The van der Waals surface area contributed by atoms with Gasteiger partial charge in [-0.1, -0.05) is 43.5 Å². The minimum atomic E-state index is -3.50. The predicted octanol–water partition coefficient (Wildman–Crippen LogP) is 3.63. The Balaban J connectivity index is 1.63. The SMILES string of the molecule is CN(Cc1ccccc1CNC(=O)c1ccc(S(=O)(=O)N(C)C)cc1)C1CCCCC1. The van der Waals surface area contributed by atoms with Crippen molar-refractivity contribution in [1.29, 1.82) is 0 Å². The molecule has 1 fully saturated rings. The van der Waals surface area contributed by atoms with Gasteiger partial charge in [0.2, 0.25) is 10.0 Å². The molecule has 31 heavy (non-hydrogen) atoms. The van der Waals surface area contributed by atoms with Crippen molar-refractivity contribution in [3.63, 3.8) is 0 Å². The highest BCUT2D eigenvalue weighted by Gasteiger charge is 2.19. The topological polar surface area (TPSA) is 69.7 Å². The maximum atomic E-state index is 12.6. The summed E-state index contributed by atoms with van der Waals surface area (Å²) in [5, 5.41) is 2.97. The zero-order valence-electron chi connectivity index (χ0n) is 18.7. The first kappa shape index (κ1) is 23.4. The third kappa shape index (κ3) is 5.93. The number of amides is 1. The number of nitrogens with one attached hydrogen (secondary N) is 1. The molecular weight excluding hydrogens is 410 g/mol. The average molecular weight is 444 g/mol. The van der Waals surface area contributed by atoms with E-state index in [9.17, 15) is 13.2 Å². The lowest BCUT2D eigenvalue weighted by Crippen LogP contribution is -2.33. The number of sulfonamides is 1. The smallest absolute Gasteiger partial charge is 0.251 e. The molecule has 0 spiro atoms. The molecule has 1 N–H and O–H groups in total. The minimum Gasteiger partial charge on any atom is -0.348 e. The van der Waals surface area contributed by atoms with Crippen molar-refractivity contribution in [2.45, 2.75) is 56.1 Å². The highest BCUT2D eigenvalue weighted by Crippen LogP contribution is 2.23. The molecule has 2 aromatic rings. The quantitative estimate of drug-likeness (QED) is 0.676. The Hall–Kier alpha value is -2.22. The van der Waals surface area contributed by atoms with Gasteiger partial charge in [-0.25, -0.2) is 12.7 Å². The van der Waals surface area contributed by atoms with Crippen LogP contribution in [0.2, 0.25) is 0 Å². The maximum absolute atomic E-state index is 12.6. The lowest BCUT2D eigenvalue weighted by atomic mass is 9.94. The number of carbonyl (C=O) groups is 1. The highest BCUT2D eigenvalue weighted by atomic mass is 32.2. The van der Waals surface area contributed by atoms with Gasteiger partial charge in [0.15, 0.2) is 0 Å². The van der Waals surface area contributed by atoms with E-state index in [0.29, 0.717) is 18.2 Å². The van der Waals surface area contributed by atoms with Crippen LogP contribution in [0.5, 0.6) is 0 Å². The fourth-order valence-electron chi connectivity index (χ4n) is 4.07. The van der Waals surface area contributed by atoms with Crippen LogP contribution in [-0.4, -0.2) is 50.7 Å². The first-order chi connectivity index (χ1) is 14.8. The number of hydrogen-bond acceptors (Lipinski definition) is 4. The number of benzene rings is 2. The molecule has 3 rings (SSSR count). The molecule has 0 heterocycles. The van der Waals surface area contributed by atoms with E-state index in [1.54, 1.807) is 12.1 Å². The molecule has 0 atom stereocenters. The second kappa shape index (κ2) is 10.4. The van der Waals surface area contributed by atoms with E-state index in [2.05, 4.69) is 29.4 Å². The van der Waals surface area contributed by atoms with Gasteiger partial charge in [-0.2, -0.15) is 0 Å². The standard InChI is InChI=1S/C24H33N3O3S/c1-26(2)31(29,30)23-15-13-19(14-16-23)24(28)25-17-20-9-7-8-10-21(20)18-27(3)22-11-5-4-6-12-22/h7-10,13-16,22H,4-6,11-12,17-18H2,1-3H3,(H,25,28). The van der Waals surface area contributed by atoms with Crippen LogP contribution in [0, 0.1) is 0 Å². The zero-order valence-corrected chi connectivity index (χ0v) is 19.5. The van der Waals surface area contributed by atoms with Gasteiger partial charge >= 0.3 is 0 Å². The van der Waals surface area contributed by atoms with Crippen molar-refractivity contribution in [2.24, 2.45) is 0 Å². The number of rotatable bonds is 8. The Labute approximate surface area is 186 Å². The molecule has 168 valence electrons. The van der Waals surface area contributed by atoms with Crippen molar-refractivity contribution >= 4 is 15.9 Å². The fraction of sp³-hybridized carbons (Fsp3) is 0.458. The molecule has 1 aliphatic carbocycles. The van der Waals surface area contributed by atoms with E-state index in [4.69, 9.17) is 0 Å². The van der Waals surface area contributed by atoms with E-state index in [-0.39, 0.29) is 10.8 Å². The van der Waals surface area contributed by atoms with Crippen LogP contribution >= 0.6 is 0 Å². The molecule has 1 amide bonds. The molecule has 7 heteroatoms. The van der Waals surface area contributed by atoms with Crippen LogP contribution < -0.4 is 5.32 Å². The van der Waals surface area contributed by atoms with Crippen molar-refractivity contribution in [1.82, 2.24) is 14.5 Å². The summed E-state index contributed by atoms with van der Waals surface area (Å²) in [5.41, 5.74) is 2.77. The van der Waals surface area contributed by atoms with Crippen LogP contribution in [0.15, 0.2) is 53.4 Å². The van der Waals surface area contributed by atoms with E-state index >= 15 is 0 Å². The molecular formula is C24H33N3O3S. The van der Waals surface area contributed by atoms with Gasteiger partial charge in [-0.15, -0.1) is 0 Å². The first-order valence-electron chi connectivity index (χ1n) is 10.9. The van der Waals surface area contributed by atoms with Gasteiger partial charge in [-0.05, 0) is 55.3 Å². The Bertz CT molecular complexity index is 981. The van der Waals surface area contributed by atoms with Gasteiger partial charge < -0.3 is 5.32 Å². The maximum Gasteiger partial charge on any atom is 0.251 e. The molecule has 0 saturated heterocycles. The summed E-state index contributed by atoms with van der Waals surface area (Å²) in [5.74, 6) is -0.218. The van der Waals surface area contributed by atoms with E-state index in [1.165, 1.54) is 63.9 Å². The Morgan fingerprint density at radius 1 is 0.935 bits per heavy atom. The van der Waals surface area contributed by atoms with E-state index in [0.717, 1.165) is 16.4 Å². The molecule has 0 unspecified atom stereocenters. The summed E-state index contributed by atoms with van der Waals surface area (Å²) < 4.78 is 25.5. The Morgan fingerprint density at radius 3 is 2.16 bits per heavy atom. The molecule has 0 radical (unpaired) electrons. The monoisotopic (exact) mass is 443 g/mol. The van der Waals surface area contributed by atoms with Crippen LogP contribution in [0.25, 0.3) is 0 Å². The molecule has 0 aromatic heterocycles. The third-order valence-electron chi connectivity index (χ3n) is 6.07. The summed E-state index contributed by atoms with van der Waals surface area (Å²) in [7, 11) is 1.66. The van der Waals surface area contributed by atoms with Crippen LogP contribution in [0.4, 0.5) is 0 Å². The summed E-state index contributed by atoms with van der Waals surface area (Å²) in [6.07, 6.45) is 6.47. The van der Waals surface area contributed by atoms with Crippen LogP contribution in [0.3, 0.4) is 0 Å². The largest absolute Gasteiger partial charge is 0.348 e. The van der Waals surface area contributed by atoms with E-state index < -0.39 is 10.0 Å². The zero-order chi connectivity index (χ0) is 22.4. The molecule has 0 aliphatic heterocycles. The third-order valence-corrected chi connectivity index (χ3v) is 7.90. The predicted molar refractivity (Wildman–Crippen MR) is 123 cm³/mol. The fourth-order valence-corrected chi connectivity index (χ4v) is 4.97. The summed E-state index contributed by atoms with van der Waals surface area (Å²) in [4.78, 5) is 15.2. The highest BCUT2D eigenvalue weighted by molar-refractivity contribution is 7.89. The Kier molecular flexibility index (Phi) is 7.86. The van der Waals surface area contributed by atoms with Gasteiger partial charge in [0.05, 0.1) is 4.90 Å². The van der Waals surface area contributed by atoms with E-state index in [1.807, 2.05) is 12.1 Å². The van der Waals surface area contributed by atoms with Crippen LogP contribution in [-0.2, 0) is 23.1 Å². The van der Waals surface area contributed by atoms with Crippen molar-refractivity contribution in [3.8, 4) is 0 Å². The Morgan fingerprint density at radius 2 is 1.55 bits per heavy atom. The van der Waals surface area contributed by atoms with Crippen molar-refractivity contribution in [3.05, 3.63) is 65.2 Å². The molecule has 0 bridgehead atoms. The molecule has 6 nitrogen and oxygen atoms in total. The van der Waals surface area contributed by atoms with Crippen molar-refractivity contribution in [2.75, 3.05) is 21.1 Å². The summed E-state index contributed by atoms with van der Waals surface area (Å²) in [6, 6.07) is 14.9. The second-order valence-corrected chi connectivity index (χ2v) is 10.6. The summed E-state index contributed by atoms with van der Waals surface area (Å²) in [6.45, 7) is 1.30. The van der Waals surface area contributed by atoms with Gasteiger partial charge in [0.25, 0.3) is 5.91 Å². The number of hydrogen-bond donors (Lipinski definition) is 1. The number of nitrogens with zero attached hydrogens (tertiary/aromatic N) is 2. The molecule has 2 aromatic carbocycles. The average Bonchev–Trinajstić information content (AvgIpc) is 2.78. The summed E-state index contributed by atoms with van der Waals surface area (Å²) >= 11 is 0. The van der Waals surface area contributed by atoms with Gasteiger partial charge in [0, 0.05) is 38.8 Å². The molecule has 1 saturated carbocycles. The minimum absolute atomic E-state index is 0.171.